The van der Waals surface area contributed by atoms with E-state index in [4.69, 9.17) is 21.1 Å². The highest BCUT2D eigenvalue weighted by Crippen LogP contribution is 2.11. The Balaban J connectivity index is 3.63. The van der Waals surface area contributed by atoms with Gasteiger partial charge < -0.3 is 9.47 Å². The molecule has 15 heavy (non-hydrogen) atoms. The van der Waals surface area contributed by atoms with Crippen molar-refractivity contribution >= 4 is 11.6 Å². The Morgan fingerprint density at radius 3 is 1.80 bits per heavy atom. The van der Waals surface area contributed by atoms with E-state index < -0.39 is 0 Å². The lowest BCUT2D eigenvalue weighted by Gasteiger charge is -2.19. The monoisotopic (exact) mass is 236 g/mol. The van der Waals surface area contributed by atoms with E-state index in [9.17, 15) is 0 Å². The summed E-state index contributed by atoms with van der Waals surface area (Å²) in [5.74, 6) is 0. The minimum absolute atomic E-state index is 0.109. The van der Waals surface area contributed by atoms with Gasteiger partial charge in [-0.2, -0.15) is 0 Å². The summed E-state index contributed by atoms with van der Waals surface area (Å²) in [7, 11) is 0. The van der Waals surface area contributed by atoms with E-state index in [0.29, 0.717) is 0 Å². The molecule has 1 unspecified atom stereocenters. The van der Waals surface area contributed by atoms with E-state index in [0.717, 1.165) is 45.3 Å². The average Bonchev–Trinajstić information content (AvgIpc) is 2.17. The molecule has 3 heteroatoms. The molecule has 0 saturated carbocycles. The molecule has 0 aliphatic rings. The quantitative estimate of drug-likeness (QED) is 0.325. The fourth-order valence-electron chi connectivity index (χ4n) is 1.17. The lowest BCUT2D eigenvalue weighted by atomic mass is 10.3. The predicted octanol–water partition coefficient (Wildman–Crippen LogP) is 3.96. The van der Waals surface area contributed by atoms with Crippen LogP contribution in [0.3, 0.4) is 0 Å². The maximum Gasteiger partial charge on any atom is 0.158 e. The first-order valence-electron chi connectivity index (χ1n) is 6.08. The Morgan fingerprint density at radius 1 is 1.00 bits per heavy atom. The molecular weight excluding hydrogens is 212 g/mol. The molecular formula is C12H25ClO2. The predicted molar refractivity (Wildman–Crippen MR) is 65.4 cm³/mol. The molecule has 2 nitrogen and oxygen atoms in total. The zero-order chi connectivity index (χ0) is 11.5. The van der Waals surface area contributed by atoms with Crippen molar-refractivity contribution in [3.63, 3.8) is 0 Å². The molecule has 0 aliphatic heterocycles. The summed E-state index contributed by atoms with van der Waals surface area (Å²) in [6.45, 7) is 7.83. The lowest BCUT2D eigenvalue weighted by Crippen LogP contribution is -2.21. The molecule has 0 fully saturated rings. The second-order valence-electron chi connectivity index (χ2n) is 3.89. The smallest absolute Gasteiger partial charge is 0.158 e. The van der Waals surface area contributed by atoms with Crippen molar-refractivity contribution in [3.05, 3.63) is 0 Å². The van der Waals surface area contributed by atoms with Gasteiger partial charge in [-0.1, -0.05) is 26.7 Å². The van der Waals surface area contributed by atoms with Crippen LogP contribution in [0.25, 0.3) is 0 Å². The number of alkyl halides is 1. The Morgan fingerprint density at radius 2 is 1.47 bits per heavy atom. The lowest BCUT2D eigenvalue weighted by molar-refractivity contribution is -0.146. The maximum atomic E-state index is 5.94. The number of halogens is 1. The van der Waals surface area contributed by atoms with Crippen LogP contribution in [0.2, 0.25) is 0 Å². The van der Waals surface area contributed by atoms with E-state index in [1.165, 1.54) is 0 Å². The van der Waals surface area contributed by atoms with E-state index in [1.807, 2.05) is 6.92 Å². The molecule has 0 aromatic carbocycles. The number of rotatable bonds is 10. The van der Waals surface area contributed by atoms with Crippen molar-refractivity contribution in [2.75, 3.05) is 13.2 Å². The van der Waals surface area contributed by atoms with Crippen LogP contribution in [0.1, 0.15) is 52.9 Å². The van der Waals surface area contributed by atoms with Crippen LogP contribution in [0.5, 0.6) is 0 Å². The normalized spacial score (nSPS) is 13.4. The summed E-state index contributed by atoms with van der Waals surface area (Å²) < 4.78 is 11.3. The maximum absolute atomic E-state index is 5.94. The Kier molecular flexibility index (Phi) is 10.9. The Hall–Kier alpha value is 0.210. The molecule has 0 bridgehead atoms. The molecule has 0 spiro atoms. The van der Waals surface area contributed by atoms with E-state index in [-0.39, 0.29) is 11.7 Å². The van der Waals surface area contributed by atoms with Crippen molar-refractivity contribution in [1.82, 2.24) is 0 Å². The molecule has 0 aromatic heterocycles. The molecule has 0 N–H and O–H groups in total. The molecule has 0 rings (SSSR count). The molecule has 0 aliphatic carbocycles. The standard InChI is InChI=1S/C12H25ClO2/c1-4-6-8-14-12(10-11(3)13)15-9-7-5-2/h11-12H,4-10H2,1-3H3. The topological polar surface area (TPSA) is 18.5 Å². The van der Waals surface area contributed by atoms with Crippen LogP contribution >= 0.6 is 11.6 Å². The van der Waals surface area contributed by atoms with Gasteiger partial charge in [0.1, 0.15) is 0 Å². The molecule has 0 amide bonds. The molecule has 0 saturated heterocycles. The first kappa shape index (κ1) is 15.2. The molecule has 1 atom stereocenters. The summed E-state index contributed by atoms with van der Waals surface area (Å²) >= 11 is 5.94. The summed E-state index contributed by atoms with van der Waals surface area (Å²) in [5, 5.41) is 0.109. The van der Waals surface area contributed by atoms with Gasteiger partial charge in [0.25, 0.3) is 0 Å². The zero-order valence-corrected chi connectivity index (χ0v) is 11.1. The third kappa shape index (κ3) is 10.5. The first-order chi connectivity index (χ1) is 7.20. The molecule has 0 radical (unpaired) electrons. The first-order valence-corrected chi connectivity index (χ1v) is 6.51. The van der Waals surface area contributed by atoms with Gasteiger partial charge in [0.2, 0.25) is 0 Å². The summed E-state index contributed by atoms with van der Waals surface area (Å²) in [6.07, 6.45) is 5.13. The number of unbranched alkanes of at least 4 members (excludes halogenated alkanes) is 2. The summed E-state index contributed by atoms with van der Waals surface area (Å²) in [5.41, 5.74) is 0. The fraction of sp³-hybridized carbons (Fsp3) is 1.00. The van der Waals surface area contributed by atoms with E-state index in [1.54, 1.807) is 0 Å². The van der Waals surface area contributed by atoms with Crippen LogP contribution in [-0.4, -0.2) is 24.9 Å². The van der Waals surface area contributed by atoms with Gasteiger partial charge in [-0.3, -0.25) is 0 Å². The van der Waals surface area contributed by atoms with Gasteiger partial charge in [0, 0.05) is 25.0 Å². The second kappa shape index (κ2) is 10.7. The SMILES string of the molecule is CCCCOC(CC(C)Cl)OCCCC. The van der Waals surface area contributed by atoms with Gasteiger partial charge in [0.15, 0.2) is 6.29 Å². The molecule has 0 aromatic rings. The minimum atomic E-state index is -0.115. The van der Waals surface area contributed by atoms with Crippen molar-refractivity contribution in [2.45, 2.75) is 64.5 Å². The Bertz CT molecular complexity index is 119. The van der Waals surface area contributed by atoms with Gasteiger partial charge in [-0.05, 0) is 19.8 Å². The number of hydrogen-bond acceptors (Lipinski definition) is 2. The molecule has 0 heterocycles. The Labute approximate surface area is 99.3 Å². The van der Waals surface area contributed by atoms with Gasteiger partial charge in [-0.15, -0.1) is 11.6 Å². The highest BCUT2D eigenvalue weighted by atomic mass is 35.5. The van der Waals surface area contributed by atoms with Crippen molar-refractivity contribution in [2.24, 2.45) is 0 Å². The number of hydrogen-bond donors (Lipinski definition) is 0. The van der Waals surface area contributed by atoms with E-state index in [2.05, 4.69) is 13.8 Å². The van der Waals surface area contributed by atoms with Crippen LogP contribution in [0.15, 0.2) is 0 Å². The van der Waals surface area contributed by atoms with Crippen molar-refractivity contribution in [1.29, 1.82) is 0 Å². The molecule has 92 valence electrons. The van der Waals surface area contributed by atoms with Crippen LogP contribution < -0.4 is 0 Å². The summed E-state index contributed by atoms with van der Waals surface area (Å²) in [4.78, 5) is 0. The largest absolute Gasteiger partial charge is 0.353 e. The third-order valence-corrected chi connectivity index (χ3v) is 2.30. The van der Waals surface area contributed by atoms with Gasteiger partial charge in [-0.25, -0.2) is 0 Å². The highest BCUT2D eigenvalue weighted by molar-refractivity contribution is 6.20. The highest BCUT2D eigenvalue weighted by Gasteiger charge is 2.12. The second-order valence-corrected chi connectivity index (χ2v) is 4.64. The zero-order valence-electron chi connectivity index (χ0n) is 10.3. The average molecular weight is 237 g/mol. The van der Waals surface area contributed by atoms with Gasteiger partial charge in [0.05, 0.1) is 0 Å². The summed E-state index contributed by atoms with van der Waals surface area (Å²) in [6, 6.07) is 0. The number of ether oxygens (including phenoxy) is 2. The minimum Gasteiger partial charge on any atom is -0.353 e. The third-order valence-electron chi connectivity index (χ3n) is 2.12. The van der Waals surface area contributed by atoms with Crippen LogP contribution in [0.4, 0.5) is 0 Å². The van der Waals surface area contributed by atoms with E-state index >= 15 is 0 Å². The van der Waals surface area contributed by atoms with Crippen molar-refractivity contribution in [3.8, 4) is 0 Å². The van der Waals surface area contributed by atoms with Crippen LogP contribution in [-0.2, 0) is 9.47 Å². The van der Waals surface area contributed by atoms with Crippen molar-refractivity contribution < 1.29 is 9.47 Å². The van der Waals surface area contributed by atoms with Crippen LogP contribution in [0, 0.1) is 0 Å². The fourth-order valence-corrected chi connectivity index (χ4v) is 1.31. The van der Waals surface area contributed by atoms with Gasteiger partial charge >= 0.3 is 0 Å².